The van der Waals surface area contributed by atoms with Crippen molar-refractivity contribution in [3.63, 3.8) is 0 Å². The van der Waals surface area contributed by atoms with Crippen molar-refractivity contribution < 1.29 is 22.6 Å². The summed E-state index contributed by atoms with van der Waals surface area (Å²) in [6, 6.07) is 8.38. The fraction of sp³-hybridized carbons (Fsp3) is 0.176. The van der Waals surface area contributed by atoms with E-state index in [4.69, 9.17) is 9.47 Å². The Morgan fingerprint density at radius 2 is 1.69 bits per heavy atom. The van der Waals surface area contributed by atoms with Crippen LogP contribution in [0, 0.1) is 0 Å². The van der Waals surface area contributed by atoms with Crippen LogP contribution in [0.2, 0.25) is 0 Å². The highest BCUT2D eigenvalue weighted by atomic mass is 35.5. The molecule has 0 atom stereocenters. The quantitative estimate of drug-likeness (QED) is 0.701. The molecule has 0 unspecified atom stereocenters. The minimum absolute atomic E-state index is 0. The third kappa shape index (κ3) is 3.45. The number of ether oxygens (including phenoxy) is 2. The smallest absolute Gasteiger partial charge is 0.416 e. The van der Waals surface area contributed by atoms with Crippen LogP contribution in [0.15, 0.2) is 42.7 Å². The Balaban J connectivity index is 0.00000196. The number of rotatable bonds is 2. The van der Waals surface area contributed by atoms with Crippen LogP contribution in [0.5, 0.6) is 11.5 Å². The molecule has 0 aliphatic carbocycles. The lowest BCUT2D eigenvalue weighted by Crippen LogP contribution is -2.15. The summed E-state index contributed by atoms with van der Waals surface area (Å²) in [5.41, 5.74) is 0.156. The van der Waals surface area contributed by atoms with Crippen LogP contribution in [0.25, 0.3) is 10.9 Å². The van der Waals surface area contributed by atoms with Crippen molar-refractivity contribution in [1.29, 1.82) is 0 Å². The monoisotopic (exact) mass is 383 g/mol. The topological polar surface area (TPSA) is 56.3 Å². The molecule has 0 amide bonds. The predicted molar refractivity (Wildman–Crippen MR) is 92.5 cm³/mol. The summed E-state index contributed by atoms with van der Waals surface area (Å²) in [5, 5.41) is 3.55. The lowest BCUT2D eigenvalue weighted by molar-refractivity contribution is -0.137. The average Bonchev–Trinajstić information content (AvgIpc) is 2.60. The van der Waals surface area contributed by atoms with Gasteiger partial charge >= 0.3 is 6.18 Å². The van der Waals surface area contributed by atoms with E-state index in [-0.39, 0.29) is 18.1 Å². The van der Waals surface area contributed by atoms with E-state index in [2.05, 4.69) is 15.3 Å². The first-order valence-corrected chi connectivity index (χ1v) is 7.49. The zero-order valence-corrected chi connectivity index (χ0v) is 14.0. The number of benzene rings is 2. The molecule has 1 aliphatic heterocycles. The van der Waals surface area contributed by atoms with Gasteiger partial charge in [0.05, 0.1) is 11.1 Å². The molecule has 0 radical (unpaired) electrons. The first-order chi connectivity index (χ1) is 12.0. The normalized spacial score (nSPS) is 13.2. The second-order valence-electron chi connectivity index (χ2n) is 5.44. The van der Waals surface area contributed by atoms with E-state index in [9.17, 15) is 13.2 Å². The molecule has 2 aromatic carbocycles. The van der Waals surface area contributed by atoms with Crippen LogP contribution in [0.4, 0.5) is 24.7 Å². The Kier molecular flexibility index (Phi) is 4.78. The molecule has 2 heterocycles. The molecule has 136 valence electrons. The zero-order chi connectivity index (χ0) is 17.4. The second kappa shape index (κ2) is 6.87. The summed E-state index contributed by atoms with van der Waals surface area (Å²) in [7, 11) is 0. The van der Waals surface area contributed by atoms with Gasteiger partial charge in [-0.1, -0.05) is 6.07 Å². The Morgan fingerprint density at radius 1 is 0.962 bits per heavy atom. The highest BCUT2D eigenvalue weighted by Gasteiger charge is 2.30. The van der Waals surface area contributed by atoms with Gasteiger partial charge in [-0.15, -0.1) is 12.4 Å². The predicted octanol–water partition coefficient (Wildman–Crippen LogP) is 4.59. The number of aromatic nitrogens is 2. The fourth-order valence-corrected chi connectivity index (χ4v) is 2.60. The Hall–Kier alpha value is -2.74. The first-order valence-electron chi connectivity index (χ1n) is 7.49. The summed E-state index contributed by atoms with van der Waals surface area (Å²) in [5.74, 6) is 1.53. The fourth-order valence-electron chi connectivity index (χ4n) is 2.60. The standard InChI is InChI=1S/C17H12F3N3O2.ClH/c18-17(19,20)10-2-1-3-11(6-10)23-16-12-7-14-15(25-5-4-24-14)8-13(12)21-9-22-16;/h1-3,6-9H,4-5H2,(H,21,22,23);1H. The Labute approximate surface area is 152 Å². The molecule has 0 bridgehead atoms. The lowest BCUT2D eigenvalue weighted by atomic mass is 10.1. The lowest BCUT2D eigenvalue weighted by Gasteiger charge is -2.19. The molecule has 3 aromatic rings. The van der Waals surface area contributed by atoms with Crippen LogP contribution in [0.1, 0.15) is 5.56 Å². The summed E-state index contributed by atoms with van der Waals surface area (Å²) in [4.78, 5) is 8.32. The van der Waals surface area contributed by atoms with Gasteiger partial charge in [0.1, 0.15) is 25.4 Å². The highest BCUT2D eigenvalue weighted by molar-refractivity contribution is 5.93. The summed E-state index contributed by atoms with van der Waals surface area (Å²) in [6.45, 7) is 0.890. The molecule has 1 aromatic heterocycles. The molecule has 9 heteroatoms. The maximum Gasteiger partial charge on any atom is 0.416 e. The van der Waals surface area contributed by atoms with Crippen LogP contribution < -0.4 is 14.8 Å². The third-order valence-corrected chi connectivity index (χ3v) is 3.75. The van der Waals surface area contributed by atoms with Crippen molar-refractivity contribution in [3.8, 4) is 11.5 Å². The third-order valence-electron chi connectivity index (χ3n) is 3.75. The van der Waals surface area contributed by atoms with Crippen molar-refractivity contribution in [2.45, 2.75) is 6.18 Å². The Bertz CT molecular complexity index is 950. The van der Waals surface area contributed by atoms with Gasteiger partial charge in [0.2, 0.25) is 0 Å². The number of hydrogen-bond acceptors (Lipinski definition) is 5. The molecule has 1 N–H and O–H groups in total. The van der Waals surface area contributed by atoms with Gasteiger partial charge in [-0.2, -0.15) is 13.2 Å². The number of halogens is 4. The molecule has 0 saturated carbocycles. The zero-order valence-electron chi connectivity index (χ0n) is 13.2. The number of nitrogens with zero attached hydrogens (tertiary/aromatic N) is 2. The SMILES string of the molecule is Cl.FC(F)(F)c1cccc(Nc2ncnc3cc4c(cc23)OCCO4)c1. The van der Waals surface area contributed by atoms with Crippen LogP contribution >= 0.6 is 12.4 Å². The van der Waals surface area contributed by atoms with Crippen molar-refractivity contribution in [2.75, 3.05) is 18.5 Å². The van der Waals surface area contributed by atoms with E-state index >= 15 is 0 Å². The number of fused-ring (bicyclic) bond motifs is 2. The molecule has 4 rings (SSSR count). The first kappa shape index (κ1) is 18.1. The van der Waals surface area contributed by atoms with E-state index in [1.165, 1.54) is 12.4 Å². The van der Waals surface area contributed by atoms with Crippen molar-refractivity contribution in [3.05, 3.63) is 48.3 Å². The number of alkyl halides is 3. The summed E-state index contributed by atoms with van der Waals surface area (Å²) >= 11 is 0. The summed E-state index contributed by atoms with van der Waals surface area (Å²) < 4.78 is 49.6. The van der Waals surface area contributed by atoms with E-state index < -0.39 is 11.7 Å². The van der Waals surface area contributed by atoms with Gasteiger partial charge < -0.3 is 14.8 Å². The molecule has 0 spiro atoms. The van der Waals surface area contributed by atoms with Gasteiger partial charge in [0.15, 0.2) is 11.5 Å². The number of anilines is 2. The maximum absolute atomic E-state index is 12.9. The van der Waals surface area contributed by atoms with E-state index in [1.807, 2.05) is 0 Å². The maximum atomic E-state index is 12.9. The molecule has 1 aliphatic rings. The van der Waals surface area contributed by atoms with Gasteiger partial charge in [-0.25, -0.2) is 9.97 Å². The minimum atomic E-state index is -4.41. The second-order valence-corrected chi connectivity index (χ2v) is 5.44. The van der Waals surface area contributed by atoms with Gasteiger partial charge in [0.25, 0.3) is 0 Å². The molecule has 0 fully saturated rings. The van der Waals surface area contributed by atoms with Crippen LogP contribution in [-0.4, -0.2) is 23.2 Å². The van der Waals surface area contributed by atoms with Gasteiger partial charge in [0, 0.05) is 17.1 Å². The molecule has 0 saturated heterocycles. The largest absolute Gasteiger partial charge is 0.486 e. The van der Waals surface area contributed by atoms with Gasteiger partial charge in [-0.3, -0.25) is 0 Å². The van der Waals surface area contributed by atoms with Crippen LogP contribution in [0.3, 0.4) is 0 Å². The molecular formula is C17H13ClF3N3O2. The van der Waals surface area contributed by atoms with Crippen molar-refractivity contribution >= 4 is 34.8 Å². The minimum Gasteiger partial charge on any atom is -0.486 e. The summed E-state index contributed by atoms with van der Waals surface area (Å²) in [6.07, 6.45) is -3.07. The number of nitrogens with one attached hydrogen (secondary N) is 1. The van der Waals surface area contributed by atoms with Crippen LogP contribution in [-0.2, 0) is 6.18 Å². The van der Waals surface area contributed by atoms with Crippen molar-refractivity contribution in [1.82, 2.24) is 9.97 Å². The molecule has 5 nitrogen and oxygen atoms in total. The van der Waals surface area contributed by atoms with Crippen molar-refractivity contribution in [2.24, 2.45) is 0 Å². The van der Waals surface area contributed by atoms with E-state index in [0.717, 1.165) is 12.1 Å². The van der Waals surface area contributed by atoms with E-state index in [1.54, 1.807) is 18.2 Å². The molecule has 26 heavy (non-hydrogen) atoms. The average molecular weight is 384 g/mol. The highest BCUT2D eigenvalue weighted by Crippen LogP contribution is 2.37. The molecular weight excluding hydrogens is 371 g/mol. The Morgan fingerprint density at radius 3 is 2.42 bits per heavy atom. The van der Waals surface area contributed by atoms with Gasteiger partial charge in [-0.05, 0) is 24.3 Å². The van der Waals surface area contributed by atoms with E-state index in [0.29, 0.717) is 41.4 Å². The number of hydrogen-bond donors (Lipinski definition) is 1.